The number of fused-ring (bicyclic) bond motifs is 1. The van der Waals surface area contributed by atoms with E-state index in [1.807, 2.05) is 27.6 Å². The lowest BCUT2D eigenvalue weighted by Crippen LogP contribution is -2.50. The monoisotopic (exact) mass is 443 g/mol. The SMILES string of the molecule is O=C(c1cnn2c(-c3cc(-c4cnoc4)cc(N4CC(O)C4)c3)cccc12)N1CCCCC1. The van der Waals surface area contributed by atoms with Crippen LogP contribution in [0, 0.1) is 0 Å². The number of piperidine rings is 1. The fraction of sp³-hybridized carbons (Fsp3) is 0.320. The molecule has 0 atom stereocenters. The van der Waals surface area contributed by atoms with Crippen LogP contribution < -0.4 is 4.90 Å². The largest absolute Gasteiger partial charge is 0.389 e. The Morgan fingerprint density at radius 3 is 2.58 bits per heavy atom. The van der Waals surface area contributed by atoms with Gasteiger partial charge in [-0.05, 0) is 55.2 Å². The molecule has 2 fully saturated rings. The minimum Gasteiger partial charge on any atom is -0.389 e. The number of hydrogen-bond acceptors (Lipinski definition) is 6. The average Bonchev–Trinajstić information content (AvgIpc) is 3.52. The first-order valence-corrected chi connectivity index (χ1v) is 11.4. The minimum absolute atomic E-state index is 0.0512. The maximum atomic E-state index is 13.2. The van der Waals surface area contributed by atoms with Crippen LogP contribution in [0.4, 0.5) is 5.69 Å². The van der Waals surface area contributed by atoms with Crippen molar-refractivity contribution in [1.29, 1.82) is 0 Å². The van der Waals surface area contributed by atoms with E-state index in [9.17, 15) is 9.90 Å². The summed E-state index contributed by atoms with van der Waals surface area (Å²) in [6, 6.07) is 12.2. The molecule has 1 N–H and O–H groups in total. The van der Waals surface area contributed by atoms with Gasteiger partial charge in [-0.25, -0.2) is 4.52 Å². The summed E-state index contributed by atoms with van der Waals surface area (Å²) in [5.74, 6) is 0.0512. The molecule has 1 amide bonds. The zero-order chi connectivity index (χ0) is 22.4. The molecule has 1 aromatic carbocycles. The van der Waals surface area contributed by atoms with Crippen molar-refractivity contribution in [3.05, 3.63) is 60.6 Å². The van der Waals surface area contributed by atoms with E-state index in [-0.39, 0.29) is 12.0 Å². The number of pyridine rings is 1. The first-order chi connectivity index (χ1) is 16.2. The van der Waals surface area contributed by atoms with Crippen LogP contribution in [-0.4, -0.2) is 63.0 Å². The van der Waals surface area contributed by atoms with E-state index in [1.54, 1.807) is 18.7 Å². The van der Waals surface area contributed by atoms with Crippen molar-refractivity contribution in [2.45, 2.75) is 25.4 Å². The highest BCUT2D eigenvalue weighted by Gasteiger charge is 2.26. The fourth-order valence-electron chi connectivity index (χ4n) is 4.78. The van der Waals surface area contributed by atoms with Gasteiger partial charge in [0.15, 0.2) is 0 Å². The number of likely N-dealkylation sites (tertiary alicyclic amines) is 1. The molecule has 2 aliphatic rings. The Balaban J connectivity index is 1.44. The Hall–Kier alpha value is -3.65. The van der Waals surface area contributed by atoms with Crippen LogP contribution in [0.5, 0.6) is 0 Å². The third-order valence-electron chi connectivity index (χ3n) is 6.62. The lowest BCUT2D eigenvalue weighted by molar-refractivity contribution is 0.0726. The Morgan fingerprint density at radius 2 is 1.82 bits per heavy atom. The van der Waals surface area contributed by atoms with Crippen molar-refractivity contribution >= 4 is 17.1 Å². The van der Waals surface area contributed by atoms with Crippen LogP contribution in [0.1, 0.15) is 29.6 Å². The maximum absolute atomic E-state index is 13.2. The summed E-state index contributed by atoms with van der Waals surface area (Å²) < 4.78 is 6.91. The Morgan fingerprint density at radius 1 is 1.00 bits per heavy atom. The van der Waals surface area contributed by atoms with Gasteiger partial charge in [-0.15, -0.1) is 0 Å². The van der Waals surface area contributed by atoms with Gasteiger partial charge in [-0.1, -0.05) is 11.2 Å². The van der Waals surface area contributed by atoms with Crippen molar-refractivity contribution in [2.75, 3.05) is 31.1 Å². The summed E-state index contributed by atoms with van der Waals surface area (Å²) in [6.07, 6.45) is 7.99. The van der Waals surface area contributed by atoms with E-state index in [2.05, 4.69) is 33.4 Å². The van der Waals surface area contributed by atoms with Gasteiger partial charge in [0.05, 0.1) is 35.3 Å². The molecule has 4 aromatic rings. The van der Waals surface area contributed by atoms with E-state index < -0.39 is 0 Å². The summed E-state index contributed by atoms with van der Waals surface area (Å²) in [4.78, 5) is 17.3. The van der Waals surface area contributed by atoms with Gasteiger partial charge >= 0.3 is 0 Å². The van der Waals surface area contributed by atoms with Gasteiger partial charge in [0.1, 0.15) is 6.26 Å². The van der Waals surface area contributed by atoms with Crippen molar-refractivity contribution < 1.29 is 14.4 Å². The summed E-state index contributed by atoms with van der Waals surface area (Å²) in [6.45, 7) is 2.82. The number of benzene rings is 1. The van der Waals surface area contributed by atoms with E-state index in [0.29, 0.717) is 18.7 Å². The fourth-order valence-corrected chi connectivity index (χ4v) is 4.78. The van der Waals surface area contributed by atoms with Gasteiger partial charge < -0.3 is 19.4 Å². The average molecular weight is 444 g/mol. The smallest absolute Gasteiger partial charge is 0.257 e. The molecule has 168 valence electrons. The first kappa shape index (κ1) is 20.0. The van der Waals surface area contributed by atoms with Crippen LogP contribution in [0.3, 0.4) is 0 Å². The van der Waals surface area contributed by atoms with Crippen molar-refractivity contribution in [2.24, 2.45) is 0 Å². The topological polar surface area (TPSA) is 87.1 Å². The second-order valence-electron chi connectivity index (χ2n) is 8.86. The second kappa shape index (κ2) is 8.04. The molecule has 6 rings (SSSR count). The number of carbonyl (C=O) groups is 1. The highest BCUT2D eigenvalue weighted by molar-refractivity contribution is 6.01. The molecule has 2 saturated heterocycles. The third kappa shape index (κ3) is 3.56. The first-order valence-electron chi connectivity index (χ1n) is 11.4. The Labute approximate surface area is 191 Å². The number of aliphatic hydroxyl groups is 1. The predicted molar refractivity (Wildman–Crippen MR) is 124 cm³/mol. The lowest BCUT2D eigenvalue weighted by atomic mass is 10.00. The molecule has 0 spiro atoms. The highest BCUT2D eigenvalue weighted by Crippen LogP contribution is 2.34. The van der Waals surface area contributed by atoms with Gasteiger partial charge in [0.25, 0.3) is 5.91 Å². The zero-order valence-electron chi connectivity index (χ0n) is 18.2. The maximum Gasteiger partial charge on any atom is 0.257 e. The number of carbonyl (C=O) groups excluding carboxylic acids is 1. The van der Waals surface area contributed by atoms with E-state index in [1.165, 1.54) is 6.42 Å². The summed E-state index contributed by atoms with van der Waals surface area (Å²) in [7, 11) is 0. The Bertz CT molecular complexity index is 1300. The normalized spacial score (nSPS) is 16.9. The van der Waals surface area contributed by atoms with Crippen LogP contribution in [0.25, 0.3) is 27.9 Å². The quantitative estimate of drug-likeness (QED) is 0.520. The number of β-amino-alcohol motifs (C(OH)–C–C–N with tert-alkyl or cyclic N) is 1. The molecule has 2 aliphatic heterocycles. The third-order valence-corrected chi connectivity index (χ3v) is 6.62. The highest BCUT2D eigenvalue weighted by atomic mass is 16.5. The number of rotatable bonds is 4. The number of hydrogen-bond donors (Lipinski definition) is 1. The molecule has 33 heavy (non-hydrogen) atoms. The molecule has 0 aliphatic carbocycles. The van der Waals surface area contributed by atoms with Crippen molar-refractivity contribution in [3.8, 4) is 22.4 Å². The second-order valence-corrected chi connectivity index (χ2v) is 8.86. The molecule has 0 radical (unpaired) electrons. The molecule has 0 bridgehead atoms. The van der Waals surface area contributed by atoms with Gasteiger partial charge in [-0.2, -0.15) is 5.10 Å². The van der Waals surface area contributed by atoms with Crippen LogP contribution >= 0.6 is 0 Å². The van der Waals surface area contributed by atoms with E-state index in [4.69, 9.17) is 4.52 Å². The van der Waals surface area contributed by atoms with Crippen LogP contribution in [-0.2, 0) is 0 Å². The molecule has 5 heterocycles. The number of aliphatic hydroxyl groups excluding tert-OH is 1. The molecule has 8 heteroatoms. The molecule has 0 saturated carbocycles. The predicted octanol–water partition coefficient (Wildman–Crippen LogP) is 3.46. The molecular weight excluding hydrogens is 418 g/mol. The summed E-state index contributed by atoms with van der Waals surface area (Å²) in [5.41, 5.74) is 6.18. The van der Waals surface area contributed by atoms with Crippen LogP contribution in [0.15, 0.2) is 59.6 Å². The lowest BCUT2D eigenvalue weighted by Gasteiger charge is -2.38. The molecule has 0 unspecified atom stereocenters. The van der Waals surface area contributed by atoms with Gasteiger partial charge in [0, 0.05) is 43.0 Å². The molecular formula is C25H25N5O3. The molecule has 8 nitrogen and oxygen atoms in total. The number of anilines is 1. The van der Waals surface area contributed by atoms with Crippen molar-refractivity contribution in [3.63, 3.8) is 0 Å². The number of amides is 1. The standard InChI is InChI=1S/C25H25N5O3/c31-21-14-29(15-21)20-10-17(19-12-27-33-16-19)9-18(11-20)23-5-4-6-24-22(13-26-30(23)24)25(32)28-7-2-1-3-8-28/h4-6,9-13,16,21,31H,1-3,7-8,14-15H2. The van der Waals surface area contributed by atoms with Gasteiger partial charge in [-0.3, -0.25) is 4.79 Å². The van der Waals surface area contributed by atoms with E-state index >= 15 is 0 Å². The van der Waals surface area contributed by atoms with Crippen molar-refractivity contribution in [1.82, 2.24) is 19.7 Å². The van der Waals surface area contributed by atoms with E-state index in [0.717, 1.165) is 59.5 Å². The minimum atomic E-state index is -0.300. The Kier molecular flexibility index (Phi) is 4.87. The zero-order valence-corrected chi connectivity index (χ0v) is 18.2. The summed E-state index contributed by atoms with van der Waals surface area (Å²) >= 11 is 0. The number of aromatic nitrogens is 3. The summed E-state index contributed by atoms with van der Waals surface area (Å²) in [5, 5.41) is 18.3. The molecule has 3 aromatic heterocycles. The number of nitrogens with zero attached hydrogens (tertiary/aromatic N) is 5. The van der Waals surface area contributed by atoms with Gasteiger partial charge in [0.2, 0.25) is 0 Å². The van der Waals surface area contributed by atoms with Crippen LogP contribution in [0.2, 0.25) is 0 Å².